The third-order valence-electron chi connectivity index (χ3n) is 4.29. The number of aryl methyl sites for hydroxylation is 1. The van der Waals surface area contributed by atoms with E-state index in [0.717, 1.165) is 50.8 Å². The fraction of sp³-hybridized carbons (Fsp3) is 0.471. The van der Waals surface area contributed by atoms with Gasteiger partial charge in [-0.25, -0.2) is 9.97 Å². The predicted octanol–water partition coefficient (Wildman–Crippen LogP) is 0.919. The SMILES string of the molecule is CCc1ccc(C(=O)NCCN2CCN(c3ncccn3)CC2)[nH]1. The smallest absolute Gasteiger partial charge is 0.267 e. The van der Waals surface area contributed by atoms with Crippen LogP contribution >= 0.6 is 0 Å². The quantitative estimate of drug-likeness (QED) is 0.824. The van der Waals surface area contributed by atoms with Gasteiger partial charge in [-0.3, -0.25) is 9.69 Å². The highest BCUT2D eigenvalue weighted by Gasteiger charge is 2.18. The Morgan fingerprint density at radius 3 is 2.62 bits per heavy atom. The standard InChI is InChI=1S/C17H24N6O/c1-2-14-4-5-15(21-14)16(24)18-8-9-22-10-12-23(13-11-22)17-19-6-3-7-20-17/h3-7,21H,2,8-13H2,1H3,(H,18,24). The van der Waals surface area contributed by atoms with Gasteiger partial charge >= 0.3 is 0 Å². The number of carbonyl (C=O) groups is 1. The van der Waals surface area contributed by atoms with Crippen LogP contribution < -0.4 is 10.2 Å². The lowest BCUT2D eigenvalue weighted by atomic mass is 10.3. The number of anilines is 1. The maximum atomic E-state index is 12.1. The van der Waals surface area contributed by atoms with Gasteiger partial charge in [0.25, 0.3) is 5.91 Å². The molecule has 0 aromatic carbocycles. The largest absolute Gasteiger partial charge is 0.354 e. The number of aromatic amines is 1. The molecule has 0 aliphatic carbocycles. The molecule has 3 heterocycles. The van der Waals surface area contributed by atoms with Crippen molar-refractivity contribution in [2.45, 2.75) is 13.3 Å². The molecule has 2 aromatic heterocycles. The Labute approximate surface area is 142 Å². The Hall–Kier alpha value is -2.41. The van der Waals surface area contributed by atoms with Gasteiger partial charge in [0.15, 0.2) is 0 Å². The molecular weight excluding hydrogens is 304 g/mol. The maximum Gasteiger partial charge on any atom is 0.267 e. The lowest BCUT2D eigenvalue weighted by Gasteiger charge is -2.34. The van der Waals surface area contributed by atoms with Crippen LogP contribution in [0.5, 0.6) is 0 Å². The zero-order valence-electron chi connectivity index (χ0n) is 14.0. The first-order valence-electron chi connectivity index (χ1n) is 8.46. The zero-order chi connectivity index (χ0) is 16.8. The van der Waals surface area contributed by atoms with E-state index in [1.54, 1.807) is 12.4 Å². The summed E-state index contributed by atoms with van der Waals surface area (Å²) < 4.78 is 0. The topological polar surface area (TPSA) is 77.2 Å². The van der Waals surface area contributed by atoms with E-state index in [2.05, 4.69) is 37.0 Å². The van der Waals surface area contributed by atoms with E-state index >= 15 is 0 Å². The van der Waals surface area contributed by atoms with Crippen LogP contribution in [0.1, 0.15) is 23.1 Å². The summed E-state index contributed by atoms with van der Waals surface area (Å²) >= 11 is 0. The molecule has 7 heteroatoms. The number of hydrogen-bond acceptors (Lipinski definition) is 5. The van der Waals surface area contributed by atoms with Crippen molar-refractivity contribution >= 4 is 11.9 Å². The number of rotatable bonds is 6. The fourth-order valence-electron chi connectivity index (χ4n) is 2.83. The zero-order valence-corrected chi connectivity index (χ0v) is 14.0. The highest BCUT2D eigenvalue weighted by molar-refractivity contribution is 5.92. The molecule has 3 rings (SSSR count). The van der Waals surface area contributed by atoms with Gasteiger partial charge in [-0.1, -0.05) is 6.92 Å². The second kappa shape index (κ2) is 7.92. The van der Waals surface area contributed by atoms with Crippen molar-refractivity contribution in [1.82, 2.24) is 25.2 Å². The number of nitrogens with one attached hydrogen (secondary N) is 2. The van der Waals surface area contributed by atoms with Crippen molar-refractivity contribution in [2.24, 2.45) is 0 Å². The van der Waals surface area contributed by atoms with Gasteiger partial charge in [0.1, 0.15) is 5.69 Å². The third-order valence-corrected chi connectivity index (χ3v) is 4.29. The lowest BCUT2D eigenvalue weighted by molar-refractivity contribution is 0.0943. The van der Waals surface area contributed by atoms with Crippen LogP contribution in [0.3, 0.4) is 0 Å². The van der Waals surface area contributed by atoms with Crippen molar-refractivity contribution < 1.29 is 4.79 Å². The second-order valence-corrected chi connectivity index (χ2v) is 5.88. The summed E-state index contributed by atoms with van der Waals surface area (Å²) in [5.41, 5.74) is 1.72. The average Bonchev–Trinajstić information content (AvgIpc) is 3.12. The van der Waals surface area contributed by atoms with E-state index in [1.807, 2.05) is 18.2 Å². The summed E-state index contributed by atoms with van der Waals surface area (Å²) in [5.74, 6) is 0.759. The fourth-order valence-corrected chi connectivity index (χ4v) is 2.83. The number of aromatic nitrogens is 3. The molecule has 128 valence electrons. The van der Waals surface area contributed by atoms with Crippen LogP contribution in [0.25, 0.3) is 0 Å². The molecular formula is C17H24N6O. The third kappa shape index (κ3) is 4.11. The van der Waals surface area contributed by atoms with Gasteiger partial charge in [-0.05, 0) is 24.6 Å². The minimum atomic E-state index is -0.0361. The van der Waals surface area contributed by atoms with E-state index in [9.17, 15) is 4.79 Å². The van der Waals surface area contributed by atoms with E-state index in [1.165, 1.54) is 0 Å². The van der Waals surface area contributed by atoms with Crippen LogP contribution in [0.2, 0.25) is 0 Å². The number of carbonyl (C=O) groups excluding carboxylic acids is 1. The Morgan fingerprint density at radius 1 is 1.21 bits per heavy atom. The van der Waals surface area contributed by atoms with Gasteiger partial charge in [0.2, 0.25) is 5.95 Å². The maximum absolute atomic E-state index is 12.1. The van der Waals surface area contributed by atoms with E-state index in [-0.39, 0.29) is 5.91 Å². The lowest BCUT2D eigenvalue weighted by Crippen LogP contribution is -2.49. The number of nitrogens with zero attached hydrogens (tertiary/aromatic N) is 4. The van der Waals surface area contributed by atoms with Gasteiger partial charge in [0, 0.05) is 57.4 Å². The van der Waals surface area contributed by atoms with Crippen LogP contribution in [0.15, 0.2) is 30.6 Å². The molecule has 2 N–H and O–H groups in total. The van der Waals surface area contributed by atoms with Gasteiger partial charge in [0.05, 0.1) is 0 Å². The highest BCUT2D eigenvalue weighted by Crippen LogP contribution is 2.09. The van der Waals surface area contributed by atoms with E-state index in [4.69, 9.17) is 0 Å². The monoisotopic (exact) mass is 328 g/mol. The summed E-state index contributed by atoms with van der Waals surface area (Å²) in [5, 5.41) is 2.98. The molecule has 0 atom stereocenters. The van der Waals surface area contributed by atoms with Gasteiger partial charge < -0.3 is 15.2 Å². The summed E-state index contributed by atoms with van der Waals surface area (Å²) in [7, 11) is 0. The Bertz CT molecular complexity index is 648. The first kappa shape index (κ1) is 16.4. The van der Waals surface area contributed by atoms with E-state index in [0.29, 0.717) is 12.2 Å². The van der Waals surface area contributed by atoms with Crippen molar-refractivity contribution in [2.75, 3.05) is 44.2 Å². The Balaban J connectivity index is 1.38. The molecule has 1 aliphatic heterocycles. The molecule has 1 aliphatic rings. The molecule has 0 bridgehead atoms. The van der Waals surface area contributed by atoms with Crippen molar-refractivity contribution in [1.29, 1.82) is 0 Å². The van der Waals surface area contributed by atoms with Crippen molar-refractivity contribution in [3.8, 4) is 0 Å². The predicted molar refractivity (Wildman–Crippen MR) is 93.2 cm³/mol. The Kier molecular flexibility index (Phi) is 5.43. The van der Waals surface area contributed by atoms with Crippen molar-refractivity contribution in [3.05, 3.63) is 42.0 Å². The molecule has 0 radical (unpaired) electrons. The molecule has 1 amide bonds. The summed E-state index contributed by atoms with van der Waals surface area (Å²) in [4.78, 5) is 28.3. The summed E-state index contributed by atoms with van der Waals surface area (Å²) in [6.07, 6.45) is 4.45. The highest BCUT2D eigenvalue weighted by atomic mass is 16.1. The second-order valence-electron chi connectivity index (χ2n) is 5.88. The minimum absolute atomic E-state index is 0.0361. The molecule has 7 nitrogen and oxygen atoms in total. The summed E-state index contributed by atoms with van der Waals surface area (Å²) in [6.45, 7) is 7.31. The van der Waals surface area contributed by atoms with Crippen LogP contribution in [-0.2, 0) is 6.42 Å². The minimum Gasteiger partial charge on any atom is -0.354 e. The Morgan fingerprint density at radius 2 is 1.96 bits per heavy atom. The van der Waals surface area contributed by atoms with Crippen LogP contribution in [-0.4, -0.2) is 65.0 Å². The molecule has 0 spiro atoms. The van der Waals surface area contributed by atoms with Crippen LogP contribution in [0, 0.1) is 0 Å². The van der Waals surface area contributed by atoms with E-state index < -0.39 is 0 Å². The summed E-state index contributed by atoms with van der Waals surface area (Å²) in [6, 6.07) is 5.63. The van der Waals surface area contributed by atoms with Gasteiger partial charge in [-0.15, -0.1) is 0 Å². The number of amides is 1. The van der Waals surface area contributed by atoms with Crippen LogP contribution in [0.4, 0.5) is 5.95 Å². The van der Waals surface area contributed by atoms with Gasteiger partial charge in [-0.2, -0.15) is 0 Å². The number of H-pyrrole nitrogens is 1. The molecule has 2 aromatic rings. The number of hydrogen-bond donors (Lipinski definition) is 2. The normalized spacial score (nSPS) is 15.5. The molecule has 24 heavy (non-hydrogen) atoms. The number of piperazine rings is 1. The molecule has 1 saturated heterocycles. The average molecular weight is 328 g/mol. The first-order valence-corrected chi connectivity index (χ1v) is 8.46. The molecule has 1 fully saturated rings. The molecule has 0 saturated carbocycles. The van der Waals surface area contributed by atoms with Crippen molar-refractivity contribution in [3.63, 3.8) is 0 Å². The molecule has 0 unspecified atom stereocenters. The first-order chi connectivity index (χ1) is 11.8.